The van der Waals surface area contributed by atoms with Gasteiger partial charge in [-0.1, -0.05) is 13.8 Å². The summed E-state index contributed by atoms with van der Waals surface area (Å²) in [6.45, 7) is 9.94. The van der Waals surface area contributed by atoms with Gasteiger partial charge in [0.25, 0.3) is 0 Å². The van der Waals surface area contributed by atoms with Crippen molar-refractivity contribution in [2.75, 3.05) is 32.8 Å². The minimum absolute atomic E-state index is 0. The molecule has 1 heterocycles. The number of guanidine groups is 1. The Morgan fingerprint density at radius 3 is 2.75 bits per heavy atom. The highest BCUT2D eigenvalue weighted by atomic mass is 127. The molecule has 0 aliphatic rings. The van der Waals surface area contributed by atoms with Crippen molar-refractivity contribution in [2.24, 2.45) is 10.9 Å². The van der Waals surface area contributed by atoms with Crippen molar-refractivity contribution in [3.05, 3.63) is 18.5 Å². The van der Waals surface area contributed by atoms with Gasteiger partial charge in [-0.15, -0.1) is 24.0 Å². The summed E-state index contributed by atoms with van der Waals surface area (Å²) in [5, 5.41) is 20.5. The summed E-state index contributed by atoms with van der Waals surface area (Å²) in [5.41, 5.74) is 0. The maximum Gasteiger partial charge on any atom is 0.191 e. The molecule has 1 aromatic rings. The van der Waals surface area contributed by atoms with Crippen molar-refractivity contribution in [2.45, 2.75) is 39.8 Å². The smallest absolute Gasteiger partial charge is 0.191 e. The lowest BCUT2D eigenvalue weighted by atomic mass is 10.2. The number of aryl methyl sites for hydroxylation is 1. The highest BCUT2D eigenvalue weighted by Crippen LogP contribution is 1.95. The Hall–Kier alpha value is -0.870. The van der Waals surface area contributed by atoms with Crippen LogP contribution < -0.4 is 10.6 Å². The number of aromatic nitrogens is 2. The topological polar surface area (TPSA) is 83.7 Å². The van der Waals surface area contributed by atoms with E-state index in [-0.39, 0.29) is 24.0 Å². The lowest BCUT2D eigenvalue weighted by Crippen LogP contribution is -2.39. The first-order chi connectivity index (χ1) is 11.1. The van der Waals surface area contributed by atoms with Gasteiger partial charge in [0.05, 0.1) is 19.3 Å². The highest BCUT2D eigenvalue weighted by Gasteiger charge is 2.05. The molecule has 0 saturated heterocycles. The summed E-state index contributed by atoms with van der Waals surface area (Å²) in [5.74, 6) is 1.19. The van der Waals surface area contributed by atoms with Crippen LogP contribution in [-0.4, -0.2) is 59.8 Å². The zero-order chi connectivity index (χ0) is 16.9. The molecule has 0 bridgehead atoms. The van der Waals surface area contributed by atoms with Gasteiger partial charge in [0.15, 0.2) is 5.96 Å². The van der Waals surface area contributed by atoms with Crippen LogP contribution in [0.4, 0.5) is 0 Å². The van der Waals surface area contributed by atoms with Crippen LogP contribution in [0, 0.1) is 5.92 Å². The molecule has 0 spiro atoms. The lowest BCUT2D eigenvalue weighted by molar-refractivity contribution is 0.0301. The van der Waals surface area contributed by atoms with Gasteiger partial charge in [-0.05, 0) is 25.3 Å². The summed E-state index contributed by atoms with van der Waals surface area (Å²) in [4.78, 5) is 4.39. The number of aliphatic hydroxyl groups excluding tert-OH is 1. The third-order valence-electron chi connectivity index (χ3n) is 2.98. The molecule has 8 heteroatoms. The van der Waals surface area contributed by atoms with Crippen LogP contribution in [0.15, 0.2) is 23.5 Å². The first-order valence-corrected chi connectivity index (χ1v) is 8.37. The molecule has 0 aliphatic heterocycles. The SMILES string of the molecule is CCNC(=NCC(O)COCC(C)C)NCCCn1cccn1.I. The maximum absolute atomic E-state index is 9.88. The number of aliphatic imine (C=N–C) groups is 1. The van der Waals surface area contributed by atoms with E-state index in [1.54, 1.807) is 6.20 Å². The number of nitrogens with zero attached hydrogens (tertiary/aromatic N) is 3. The van der Waals surface area contributed by atoms with Gasteiger partial charge < -0.3 is 20.5 Å². The fourth-order valence-electron chi connectivity index (χ4n) is 1.91. The summed E-state index contributed by atoms with van der Waals surface area (Å²) >= 11 is 0. The van der Waals surface area contributed by atoms with E-state index in [0.717, 1.165) is 32.0 Å². The summed E-state index contributed by atoms with van der Waals surface area (Å²) in [6.07, 6.45) is 4.11. The number of hydrogen-bond donors (Lipinski definition) is 3. The van der Waals surface area contributed by atoms with Crippen LogP contribution in [-0.2, 0) is 11.3 Å². The normalized spacial score (nSPS) is 12.8. The van der Waals surface area contributed by atoms with Crippen molar-refractivity contribution < 1.29 is 9.84 Å². The summed E-state index contributed by atoms with van der Waals surface area (Å²) in [6, 6.07) is 1.92. The number of hydrogen-bond acceptors (Lipinski definition) is 4. The second kappa shape index (κ2) is 14.5. The van der Waals surface area contributed by atoms with E-state index >= 15 is 0 Å². The van der Waals surface area contributed by atoms with Crippen molar-refractivity contribution in [3.63, 3.8) is 0 Å². The highest BCUT2D eigenvalue weighted by molar-refractivity contribution is 14.0. The number of ether oxygens (including phenoxy) is 1. The van der Waals surface area contributed by atoms with Crippen LogP contribution in [0.5, 0.6) is 0 Å². The Bertz CT molecular complexity index is 426. The van der Waals surface area contributed by atoms with E-state index in [9.17, 15) is 5.11 Å². The maximum atomic E-state index is 9.88. The van der Waals surface area contributed by atoms with Gasteiger partial charge in [-0.3, -0.25) is 9.67 Å². The van der Waals surface area contributed by atoms with Gasteiger partial charge in [-0.2, -0.15) is 5.10 Å². The number of halogens is 1. The zero-order valence-corrected chi connectivity index (χ0v) is 17.3. The molecule has 7 nitrogen and oxygen atoms in total. The van der Waals surface area contributed by atoms with Gasteiger partial charge in [0, 0.05) is 38.6 Å². The van der Waals surface area contributed by atoms with Crippen LogP contribution in [0.3, 0.4) is 0 Å². The number of aliphatic hydroxyl groups is 1. The van der Waals surface area contributed by atoms with E-state index in [1.165, 1.54) is 0 Å². The monoisotopic (exact) mass is 453 g/mol. The first kappa shape index (κ1) is 23.1. The van der Waals surface area contributed by atoms with Crippen molar-refractivity contribution in [1.29, 1.82) is 0 Å². The van der Waals surface area contributed by atoms with Crippen LogP contribution in [0.25, 0.3) is 0 Å². The third kappa shape index (κ3) is 11.6. The largest absolute Gasteiger partial charge is 0.389 e. The van der Waals surface area contributed by atoms with Gasteiger partial charge >= 0.3 is 0 Å². The van der Waals surface area contributed by atoms with Crippen LogP contribution in [0.1, 0.15) is 27.2 Å². The Morgan fingerprint density at radius 1 is 1.33 bits per heavy atom. The van der Waals surface area contributed by atoms with E-state index in [4.69, 9.17) is 4.74 Å². The minimum Gasteiger partial charge on any atom is -0.389 e. The fraction of sp³-hybridized carbons (Fsp3) is 0.750. The number of nitrogens with one attached hydrogen (secondary N) is 2. The average molecular weight is 453 g/mol. The van der Waals surface area contributed by atoms with Gasteiger partial charge in [0.1, 0.15) is 0 Å². The predicted octanol–water partition coefficient (Wildman–Crippen LogP) is 1.48. The van der Waals surface area contributed by atoms with Crippen LogP contribution in [0.2, 0.25) is 0 Å². The summed E-state index contributed by atoms with van der Waals surface area (Å²) in [7, 11) is 0. The van der Waals surface area contributed by atoms with E-state index in [0.29, 0.717) is 25.7 Å². The predicted molar refractivity (Wildman–Crippen MR) is 108 cm³/mol. The minimum atomic E-state index is -0.576. The molecule has 3 N–H and O–H groups in total. The van der Waals surface area contributed by atoms with Gasteiger partial charge in [-0.25, -0.2) is 0 Å². The Labute approximate surface area is 162 Å². The second-order valence-electron chi connectivity index (χ2n) is 5.85. The molecular formula is C16H32IN5O2. The van der Waals surface area contributed by atoms with E-state index < -0.39 is 6.10 Å². The summed E-state index contributed by atoms with van der Waals surface area (Å²) < 4.78 is 7.32. The fourth-order valence-corrected chi connectivity index (χ4v) is 1.91. The zero-order valence-electron chi connectivity index (χ0n) is 14.9. The molecule has 24 heavy (non-hydrogen) atoms. The Balaban J connectivity index is 0.00000529. The molecular weight excluding hydrogens is 421 g/mol. The van der Waals surface area contributed by atoms with Gasteiger partial charge in [0.2, 0.25) is 0 Å². The third-order valence-corrected chi connectivity index (χ3v) is 2.98. The molecule has 1 rings (SSSR count). The molecule has 0 aromatic carbocycles. The standard InChI is InChI=1S/C16H31N5O2.HI/c1-4-17-16(18-7-5-9-21-10-6-8-20-21)19-11-15(22)13-23-12-14(2)3;/h6,8,10,14-15,22H,4-5,7,9,11-13H2,1-3H3,(H2,17,18,19);1H. The molecule has 1 atom stereocenters. The molecule has 0 aliphatic carbocycles. The van der Waals surface area contributed by atoms with Crippen molar-refractivity contribution in [3.8, 4) is 0 Å². The molecule has 140 valence electrons. The molecule has 0 fully saturated rings. The van der Waals surface area contributed by atoms with E-state index in [2.05, 4.69) is 34.6 Å². The van der Waals surface area contributed by atoms with E-state index in [1.807, 2.05) is 23.9 Å². The average Bonchev–Trinajstić information content (AvgIpc) is 3.02. The van der Waals surface area contributed by atoms with Crippen molar-refractivity contribution in [1.82, 2.24) is 20.4 Å². The Kier molecular flexibility index (Phi) is 13.9. The molecule has 0 radical (unpaired) electrons. The van der Waals surface area contributed by atoms with Crippen molar-refractivity contribution >= 4 is 29.9 Å². The number of rotatable bonds is 11. The Morgan fingerprint density at radius 2 is 2.12 bits per heavy atom. The lowest BCUT2D eigenvalue weighted by Gasteiger charge is -2.14. The molecule has 0 saturated carbocycles. The quantitative estimate of drug-likeness (QED) is 0.205. The first-order valence-electron chi connectivity index (χ1n) is 8.37. The second-order valence-corrected chi connectivity index (χ2v) is 5.85. The molecule has 1 unspecified atom stereocenters. The molecule has 0 amide bonds. The molecule has 1 aromatic heterocycles. The van der Waals surface area contributed by atoms with Crippen LogP contribution >= 0.6 is 24.0 Å².